The summed E-state index contributed by atoms with van der Waals surface area (Å²) < 4.78 is 8.87. The maximum Gasteiger partial charge on any atom is 0.143 e. The van der Waals surface area contributed by atoms with Crippen molar-refractivity contribution in [2.24, 2.45) is 0 Å². The SMILES string of the molecule is Cc1cc2c(-c3ccccc3)c3cc(C)c(C)cc3c(-c3ccc(-n4c5ccccc5c5cc(-c6cccc7c6oc6ccccc67)ccc54)cc3)c2cc1C. The highest BCUT2D eigenvalue weighted by atomic mass is 16.3. The van der Waals surface area contributed by atoms with Crippen molar-refractivity contribution in [2.75, 3.05) is 0 Å². The van der Waals surface area contributed by atoms with Crippen LogP contribution in [-0.2, 0) is 0 Å². The van der Waals surface area contributed by atoms with Crippen molar-refractivity contribution in [3.63, 3.8) is 0 Å². The van der Waals surface area contributed by atoms with Gasteiger partial charge in [0.2, 0.25) is 0 Å². The number of hydrogen-bond donors (Lipinski definition) is 0. The number of benzene rings is 9. The number of aryl methyl sites for hydroxylation is 4. The van der Waals surface area contributed by atoms with Gasteiger partial charge in [-0.25, -0.2) is 0 Å². The Balaban J connectivity index is 1.11. The van der Waals surface area contributed by atoms with Crippen molar-refractivity contribution >= 4 is 65.3 Å². The predicted octanol–water partition coefficient (Wildman–Crippen LogP) is 15.2. The molecule has 0 spiro atoms. The molecule has 0 unspecified atom stereocenters. The van der Waals surface area contributed by atoms with Gasteiger partial charge >= 0.3 is 0 Å². The van der Waals surface area contributed by atoms with Crippen LogP contribution in [0.1, 0.15) is 22.3 Å². The van der Waals surface area contributed by atoms with E-state index in [4.69, 9.17) is 4.42 Å². The summed E-state index contributed by atoms with van der Waals surface area (Å²) in [5, 5.41) is 9.92. The Morgan fingerprint density at radius 1 is 0.357 bits per heavy atom. The van der Waals surface area contributed by atoms with E-state index in [1.54, 1.807) is 0 Å². The van der Waals surface area contributed by atoms with Gasteiger partial charge in [-0.15, -0.1) is 0 Å². The second kappa shape index (κ2) is 12.3. The first-order chi connectivity index (χ1) is 27.4. The Morgan fingerprint density at radius 2 is 0.875 bits per heavy atom. The Hall–Kier alpha value is -6.90. The summed E-state index contributed by atoms with van der Waals surface area (Å²) in [4.78, 5) is 0. The van der Waals surface area contributed by atoms with E-state index in [9.17, 15) is 0 Å². The third kappa shape index (κ3) is 4.82. The molecule has 2 aromatic heterocycles. The molecule has 0 aliphatic heterocycles. The van der Waals surface area contributed by atoms with Gasteiger partial charge in [0.05, 0.1) is 11.0 Å². The molecule has 2 heterocycles. The Bertz CT molecular complexity index is 3310. The second-order valence-electron chi connectivity index (χ2n) is 15.5. The first-order valence-electron chi connectivity index (χ1n) is 19.5. The van der Waals surface area contributed by atoms with Gasteiger partial charge in [-0.1, -0.05) is 127 Å². The van der Waals surface area contributed by atoms with Crippen LogP contribution in [0.25, 0.3) is 104 Å². The number of fused-ring (bicyclic) bond motifs is 8. The van der Waals surface area contributed by atoms with Crippen LogP contribution in [0.3, 0.4) is 0 Å². The number of nitrogens with zero attached hydrogens (tertiary/aromatic N) is 1. The highest BCUT2D eigenvalue weighted by Gasteiger charge is 2.20. The lowest BCUT2D eigenvalue weighted by Crippen LogP contribution is -1.96. The zero-order valence-electron chi connectivity index (χ0n) is 31.9. The standard InChI is InChI=1S/C54H39NO/c1-32-27-45-47(29-34(32)3)53(48-30-35(4)33(2)28-46(48)52(45)36-13-6-5-7-14-36)37-21-24-39(25-22-37)55-49-19-10-8-15-41(49)44-31-38(23-26-50(44)55)40-17-12-18-43-42-16-9-11-20-51(42)56-54(40)43/h5-31H,1-4H3. The molecule has 0 aliphatic rings. The van der Waals surface area contributed by atoms with E-state index in [0.717, 1.165) is 38.8 Å². The molecular weight excluding hydrogens is 679 g/mol. The van der Waals surface area contributed by atoms with Gasteiger partial charge in [0.15, 0.2) is 0 Å². The Labute approximate surface area is 325 Å². The van der Waals surface area contributed by atoms with Crippen LogP contribution in [0.4, 0.5) is 0 Å². The third-order valence-corrected chi connectivity index (χ3v) is 12.2. The molecule has 11 rings (SSSR count). The summed E-state index contributed by atoms with van der Waals surface area (Å²) in [7, 11) is 0. The van der Waals surface area contributed by atoms with Crippen molar-refractivity contribution in [1.29, 1.82) is 0 Å². The maximum atomic E-state index is 6.46. The fraction of sp³-hybridized carbons (Fsp3) is 0.0741. The van der Waals surface area contributed by atoms with Crippen molar-refractivity contribution in [3.05, 3.63) is 186 Å². The lowest BCUT2D eigenvalue weighted by Gasteiger charge is -2.20. The molecule has 0 aliphatic carbocycles. The third-order valence-electron chi connectivity index (χ3n) is 12.2. The maximum absolute atomic E-state index is 6.46. The Kier molecular flexibility index (Phi) is 7.15. The molecule has 0 atom stereocenters. The average Bonchev–Trinajstić information content (AvgIpc) is 3.77. The molecule has 2 nitrogen and oxygen atoms in total. The van der Waals surface area contributed by atoms with E-state index in [0.29, 0.717) is 0 Å². The molecule has 0 bridgehead atoms. The number of furan rings is 1. The summed E-state index contributed by atoms with van der Waals surface area (Å²) in [5.41, 5.74) is 17.9. The minimum Gasteiger partial charge on any atom is -0.455 e. The summed E-state index contributed by atoms with van der Waals surface area (Å²) in [5.74, 6) is 0. The number of hydrogen-bond acceptors (Lipinski definition) is 1. The summed E-state index contributed by atoms with van der Waals surface area (Å²) in [6.45, 7) is 8.94. The molecule has 56 heavy (non-hydrogen) atoms. The van der Waals surface area contributed by atoms with Gasteiger partial charge in [0.25, 0.3) is 0 Å². The lowest BCUT2D eigenvalue weighted by molar-refractivity contribution is 0.670. The Morgan fingerprint density at radius 3 is 1.54 bits per heavy atom. The van der Waals surface area contributed by atoms with Crippen molar-refractivity contribution in [2.45, 2.75) is 27.7 Å². The molecule has 0 amide bonds. The van der Waals surface area contributed by atoms with E-state index in [2.05, 4.69) is 190 Å². The average molecular weight is 718 g/mol. The van der Waals surface area contributed by atoms with E-state index >= 15 is 0 Å². The van der Waals surface area contributed by atoms with Crippen LogP contribution in [0.15, 0.2) is 168 Å². The fourth-order valence-electron chi connectivity index (χ4n) is 9.15. The molecule has 0 radical (unpaired) electrons. The number of rotatable bonds is 4. The van der Waals surface area contributed by atoms with Crippen molar-refractivity contribution < 1.29 is 4.42 Å². The molecule has 9 aromatic carbocycles. The zero-order chi connectivity index (χ0) is 37.7. The van der Waals surface area contributed by atoms with Crippen molar-refractivity contribution in [3.8, 4) is 39.1 Å². The zero-order valence-corrected chi connectivity index (χ0v) is 31.9. The first kappa shape index (κ1) is 32.5. The van der Waals surface area contributed by atoms with Crippen LogP contribution in [0.2, 0.25) is 0 Å². The first-order valence-corrected chi connectivity index (χ1v) is 19.5. The van der Waals surface area contributed by atoms with Gasteiger partial charge < -0.3 is 8.98 Å². The minimum absolute atomic E-state index is 0.916. The quantitative estimate of drug-likeness (QED) is 0.166. The highest BCUT2D eigenvalue weighted by Crippen LogP contribution is 2.46. The van der Waals surface area contributed by atoms with E-state index in [1.165, 1.54) is 87.9 Å². The number of aromatic nitrogens is 1. The van der Waals surface area contributed by atoms with Gasteiger partial charge in [0.1, 0.15) is 11.2 Å². The van der Waals surface area contributed by atoms with E-state index in [1.807, 2.05) is 6.07 Å². The van der Waals surface area contributed by atoms with E-state index in [-0.39, 0.29) is 0 Å². The molecule has 266 valence electrons. The molecule has 0 N–H and O–H groups in total. The van der Waals surface area contributed by atoms with E-state index < -0.39 is 0 Å². The van der Waals surface area contributed by atoms with Gasteiger partial charge in [0, 0.05) is 32.8 Å². The number of para-hydroxylation sites is 3. The largest absolute Gasteiger partial charge is 0.455 e. The fourth-order valence-corrected chi connectivity index (χ4v) is 9.15. The summed E-state index contributed by atoms with van der Waals surface area (Å²) in [6, 6.07) is 60.2. The molecule has 11 aromatic rings. The van der Waals surface area contributed by atoms with Gasteiger partial charge in [-0.3, -0.25) is 0 Å². The summed E-state index contributed by atoms with van der Waals surface area (Å²) in [6.07, 6.45) is 0. The van der Waals surface area contributed by atoms with Crippen LogP contribution >= 0.6 is 0 Å². The normalized spacial score (nSPS) is 11.9. The summed E-state index contributed by atoms with van der Waals surface area (Å²) >= 11 is 0. The highest BCUT2D eigenvalue weighted by molar-refractivity contribution is 6.22. The van der Waals surface area contributed by atoms with Gasteiger partial charge in [-0.2, -0.15) is 0 Å². The van der Waals surface area contributed by atoms with Gasteiger partial charge in [-0.05, 0) is 136 Å². The molecule has 0 saturated heterocycles. The van der Waals surface area contributed by atoms with Crippen LogP contribution in [-0.4, -0.2) is 4.57 Å². The monoisotopic (exact) mass is 717 g/mol. The van der Waals surface area contributed by atoms with Crippen LogP contribution in [0, 0.1) is 27.7 Å². The van der Waals surface area contributed by atoms with Crippen LogP contribution < -0.4 is 0 Å². The smallest absolute Gasteiger partial charge is 0.143 e. The lowest BCUT2D eigenvalue weighted by atomic mass is 9.83. The van der Waals surface area contributed by atoms with Crippen molar-refractivity contribution in [1.82, 2.24) is 4.57 Å². The molecule has 0 fully saturated rings. The minimum atomic E-state index is 0.916. The second-order valence-corrected chi connectivity index (χ2v) is 15.5. The predicted molar refractivity (Wildman–Crippen MR) is 238 cm³/mol. The molecule has 0 saturated carbocycles. The topological polar surface area (TPSA) is 18.1 Å². The molecule has 2 heteroatoms. The molecular formula is C54H39NO. The van der Waals surface area contributed by atoms with Crippen LogP contribution in [0.5, 0.6) is 0 Å².